The maximum atomic E-state index is 15.4. The molecule has 0 saturated carbocycles. The number of carbonyl (C=O) groups is 1. The van der Waals surface area contributed by atoms with Gasteiger partial charge in [-0.3, -0.25) is 14.5 Å². The van der Waals surface area contributed by atoms with Crippen LogP contribution in [0.25, 0.3) is 21.9 Å². The number of nitrogen functional groups attached to an aromatic ring is 1. The molecule has 5 heterocycles. The summed E-state index contributed by atoms with van der Waals surface area (Å²) in [6, 6.07) is 5.41. The number of anilines is 4. The summed E-state index contributed by atoms with van der Waals surface area (Å²) in [4.78, 5) is 20.6. The van der Waals surface area contributed by atoms with Gasteiger partial charge < -0.3 is 26.8 Å². The van der Waals surface area contributed by atoms with Gasteiger partial charge in [0.1, 0.15) is 12.4 Å². The summed E-state index contributed by atoms with van der Waals surface area (Å²) < 4.78 is 17.1. The van der Waals surface area contributed by atoms with Gasteiger partial charge in [-0.15, -0.1) is 0 Å². The Kier molecular flexibility index (Phi) is 5.22. The molecule has 2 aliphatic rings. The van der Waals surface area contributed by atoms with Crippen molar-refractivity contribution in [3.05, 3.63) is 53.4 Å². The van der Waals surface area contributed by atoms with Crippen LogP contribution in [0.4, 0.5) is 27.4 Å². The number of amides is 1. The largest absolute Gasteiger partial charge is 0.396 e. The van der Waals surface area contributed by atoms with Crippen molar-refractivity contribution in [1.82, 2.24) is 25.1 Å². The second-order valence-corrected chi connectivity index (χ2v) is 9.13. The molecule has 0 aliphatic carbocycles. The lowest BCUT2D eigenvalue weighted by Gasteiger charge is -2.25. The van der Waals surface area contributed by atoms with Gasteiger partial charge in [-0.25, -0.2) is 9.37 Å². The average Bonchev–Trinajstić information content (AvgIpc) is 3.13. The van der Waals surface area contributed by atoms with E-state index in [-0.39, 0.29) is 18.1 Å². The maximum Gasteiger partial charge on any atom is 0.241 e. The molecule has 1 amide bonds. The fourth-order valence-corrected chi connectivity index (χ4v) is 4.91. The summed E-state index contributed by atoms with van der Waals surface area (Å²) in [5, 5.41) is 25.2. The van der Waals surface area contributed by atoms with E-state index in [0.717, 1.165) is 16.9 Å². The quantitative estimate of drug-likeness (QED) is 0.277. The summed E-state index contributed by atoms with van der Waals surface area (Å²) in [5.41, 5.74) is 10.2. The number of aliphatic hydroxyl groups is 1. The maximum absolute atomic E-state index is 15.4. The molecule has 0 spiro atoms. The van der Waals surface area contributed by atoms with Crippen molar-refractivity contribution < 1.29 is 14.3 Å². The van der Waals surface area contributed by atoms with Crippen LogP contribution in [0.1, 0.15) is 29.5 Å². The van der Waals surface area contributed by atoms with Crippen LogP contribution >= 0.6 is 0 Å². The van der Waals surface area contributed by atoms with E-state index in [9.17, 15) is 9.90 Å². The number of aliphatic hydroxyl groups excluding tert-OH is 1. The topological polar surface area (TPSA) is 143 Å². The zero-order valence-corrected chi connectivity index (χ0v) is 19.6. The van der Waals surface area contributed by atoms with Gasteiger partial charge in [0.15, 0.2) is 11.6 Å². The Balaban J connectivity index is 1.39. The van der Waals surface area contributed by atoms with Crippen molar-refractivity contribution in [3.8, 4) is 11.1 Å². The van der Waals surface area contributed by atoms with Gasteiger partial charge >= 0.3 is 0 Å². The molecule has 10 nitrogen and oxygen atoms in total. The Morgan fingerprint density at radius 1 is 1.14 bits per heavy atom. The number of fused-ring (bicyclic) bond motifs is 3. The monoisotopic (exact) mass is 488 g/mol. The van der Waals surface area contributed by atoms with Gasteiger partial charge in [-0.2, -0.15) is 5.10 Å². The van der Waals surface area contributed by atoms with Crippen molar-refractivity contribution in [3.63, 3.8) is 0 Å². The van der Waals surface area contributed by atoms with Gasteiger partial charge in [-0.05, 0) is 36.4 Å². The minimum Gasteiger partial charge on any atom is -0.396 e. The van der Waals surface area contributed by atoms with Crippen molar-refractivity contribution in [1.29, 1.82) is 0 Å². The first kappa shape index (κ1) is 22.2. The second kappa shape index (κ2) is 8.45. The highest BCUT2D eigenvalue weighted by molar-refractivity contribution is 5.98. The fraction of sp³-hybridized carbons (Fsp3) is 0.280. The van der Waals surface area contributed by atoms with Gasteiger partial charge in [0.25, 0.3) is 0 Å². The summed E-state index contributed by atoms with van der Waals surface area (Å²) in [7, 11) is 0. The van der Waals surface area contributed by atoms with Crippen molar-refractivity contribution in [2.45, 2.75) is 32.4 Å². The van der Waals surface area contributed by atoms with Crippen molar-refractivity contribution >= 4 is 39.7 Å². The zero-order chi connectivity index (χ0) is 25.0. The summed E-state index contributed by atoms with van der Waals surface area (Å²) in [5.74, 6) is 0.472. The molecule has 1 atom stereocenters. The number of hydrogen-bond acceptors (Lipinski definition) is 8. The molecule has 2 aliphatic heterocycles. The number of halogens is 1. The Morgan fingerprint density at radius 3 is 2.86 bits per heavy atom. The van der Waals surface area contributed by atoms with Crippen LogP contribution in [0.2, 0.25) is 0 Å². The number of benzene rings is 1. The number of aromatic nitrogens is 4. The summed E-state index contributed by atoms with van der Waals surface area (Å²) in [6.07, 6.45) is 3.73. The Bertz CT molecular complexity index is 1530. The number of hydrogen-bond donors (Lipinski definition) is 5. The summed E-state index contributed by atoms with van der Waals surface area (Å²) in [6.45, 7) is 3.23. The zero-order valence-electron chi connectivity index (χ0n) is 19.6. The van der Waals surface area contributed by atoms with Gasteiger partial charge in [0.2, 0.25) is 5.91 Å². The third kappa shape index (κ3) is 3.68. The van der Waals surface area contributed by atoms with E-state index in [1.807, 2.05) is 13.0 Å². The Morgan fingerprint density at radius 2 is 2.00 bits per heavy atom. The van der Waals surface area contributed by atoms with Crippen molar-refractivity contribution in [2.75, 3.05) is 29.5 Å². The van der Waals surface area contributed by atoms with Crippen LogP contribution in [0.5, 0.6) is 0 Å². The highest BCUT2D eigenvalue weighted by Crippen LogP contribution is 2.40. The summed E-state index contributed by atoms with van der Waals surface area (Å²) >= 11 is 0. The minimum absolute atomic E-state index is 0.00591. The number of nitrogens with one attached hydrogen (secondary N) is 3. The van der Waals surface area contributed by atoms with E-state index in [4.69, 9.17) is 5.73 Å². The number of nitrogens with two attached hydrogens (primary N) is 1. The average molecular weight is 489 g/mol. The molecule has 1 unspecified atom stereocenters. The third-order valence-corrected chi connectivity index (χ3v) is 6.81. The van der Waals surface area contributed by atoms with Gasteiger partial charge in [0, 0.05) is 60.2 Å². The Hall–Kier alpha value is -4.25. The SMILES string of the molecule is Cc1c(-c2cc3cc(Nc4cc5n(n4)CC(=O)NCC5)ncc3c(N)c2F)cnc2c1NCCC2O. The van der Waals surface area contributed by atoms with E-state index >= 15 is 4.39 Å². The molecule has 0 saturated heterocycles. The first-order valence-electron chi connectivity index (χ1n) is 11.8. The second-order valence-electron chi connectivity index (χ2n) is 9.13. The predicted molar refractivity (Wildman–Crippen MR) is 134 cm³/mol. The highest BCUT2D eigenvalue weighted by Gasteiger charge is 2.24. The molecule has 0 bridgehead atoms. The standard InChI is InChI=1S/C25H25FN8O2/c1-12-16(9-31-25-18(35)3-5-29-24(12)25)15-6-13-7-19(30-10-17(13)23(27)22(15)26)32-20-8-14-2-4-28-21(36)11-34(14)33-20/h6-10,18,29,35H,2-5,11,27H2,1H3,(H,28,36)(H,30,32,33). The van der Waals surface area contributed by atoms with E-state index in [1.54, 1.807) is 23.0 Å². The van der Waals surface area contributed by atoms with Crippen molar-refractivity contribution in [2.24, 2.45) is 0 Å². The molecule has 6 N–H and O–H groups in total. The molecule has 0 radical (unpaired) electrons. The molecule has 0 fully saturated rings. The van der Waals surface area contributed by atoms with E-state index < -0.39 is 11.9 Å². The fourth-order valence-electron chi connectivity index (χ4n) is 4.91. The number of rotatable bonds is 3. The lowest BCUT2D eigenvalue weighted by molar-refractivity contribution is -0.121. The first-order valence-corrected chi connectivity index (χ1v) is 11.8. The molecule has 36 heavy (non-hydrogen) atoms. The molecular formula is C25H25FN8O2. The first-order chi connectivity index (χ1) is 17.4. The van der Waals surface area contributed by atoms with Crippen LogP contribution < -0.4 is 21.7 Å². The highest BCUT2D eigenvalue weighted by atomic mass is 19.1. The van der Waals surface area contributed by atoms with E-state index in [2.05, 4.69) is 31.0 Å². The van der Waals surface area contributed by atoms with Crippen LogP contribution in [0.15, 0.2) is 30.6 Å². The molecule has 3 aromatic heterocycles. The van der Waals surface area contributed by atoms with E-state index in [0.29, 0.717) is 65.2 Å². The van der Waals surface area contributed by atoms with Gasteiger partial charge in [0.05, 0.1) is 23.2 Å². The molecule has 184 valence electrons. The third-order valence-electron chi connectivity index (χ3n) is 6.81. The predicted octanol–water partition coefficient (Wildman–Crippen LogP) is 2.79. The van der Waals surface area contributed by atoms with E-state index in [1.165, 1.54) is 6.20 Å². The van der Waals surface area contributed by atoms with Crippen LogP contribution in [-0.4, -0.2) is 43.9 Å². The van der Waals surface area contributed by atoms with Crippen LogP contribution in [-0.2, 0) is 17.8 Å². The molecule has 1 aromatic carbocycles. The number of pyridine rings is 2. The van der Waals surface area contributed by atoms with Crippen LogP contribution in [0, 0.1) is 12.7 Å². The molecular weight excluding hydrogens is 463 g/mol. The Labute approximate surface area is 205 Å². The lowest BCUT2D eigenvalue weighted by atomic mass is 9.94. The molecule has 6 rings (SSSR count). The van der Waals surface area contributed by atoms with Crippen LogP contribution in [0.3, 0.4) is 0 Å². The lowest BCUT2D eigenvalue weighted by Crippen LogP contribution is -2.25. The van der Waals surface area contributed by atoms with Gasteiger partial charge in [-0.1, -0.05) is 0 Å². The number of carbonyl (C=O) groups excluding carboxylic acids is 1. The smallest absolute Gasteiger partial charge is 0.241 e. The molecule has 11 heteroatoms. The molecule has 4 aromatic rings. The number of nitrogens with zero attached hydrogens (tertiary/aromatic N) is 4. The minimum atomic E-state index is -0.646. The normalized spacial score (nSPS) is 17.1.